The Morgan fingerprint density at radius 1 is 1.17 bits per heavy atom. The summed E-state index contributed by atoms with van der Waals surface area (Å²) in [5.41, 5.74) is 1.17. The number of allylic oxidation sites excluding steroid dienone is 2. The second kappa shape index (κ2) is 5.07. The van der Waals surface area contributed by atoms with Crippen molar-refractivity contribution in [3.8, 4) is 5.75 Å². The quantitative estimate of drug-likeness (QED) is 0.771. The van der Waals surface area contributed by atoms with Crippen molar-refractivity contribution in [3.63, 3.8) is 0 Å². The molecule has 0 unspecified atom stereocenters. The number of hydrogen-bond acceptors (Lipinski definition) is 2. The average Bonchev–Trinajstić information content (AvgIpc) is 3.25. The van der Waals surface area contributed by atoms with Gasteiger partial charge >= 0.3 is 0 Å². The van der Waals surface area contributed by atoms with E-state index >= 15 is 0 Å². The summed E-state index contributed by atoms with van der Waals surface area (Å²) >= 11 is 0. The first-order valence-corrected chi connectivity index (χ1v) is 9.05. The lowest BCUT2D eigenvalue weighted by molar-refractivity contribution is 0.116. The van der Waals surface area contributed by atoms with Crippen LogP contribution in [0.4, 0.5) is 4.39 Å². The molecule has 5 rings (SSSR count). The van der Waals surface area contributed by atoms with Gasteiger partial charge in [-0.1, -0.05) is 12.2 Å². The molecule has 0 N–H and O–H groups in total. The van der Waals surface area contributed by atoms with Crippen molar-refractivity contribution < 1.29 is 9.13 Å². The Morgan fingerprint density at radius 2 is 2.04 bits per heavy atom. The lowest BCUT2D eigenvalue weighted by Crippen LogP contribution is -2.45. The maximum Gasteiger partial charge on any atom is 0.123 e. The van der Waals surface area contributed by atoms with Gasteiger partial charge in [0.15, 0.2) is 0 Å². The number of ether oxygens (including phenoxy) is 1. The van der Waals surface area contributed by atoms with Crippen molar-refractivity contribution in [1.29, 1.82) is 0 Å². The van der Waals surface area contributed by atoms with Gasteiger partial charge < -0.3 is 9.64 Å². The Bertz CT molecular complexity index is 647. The summed E-state index contributed by atoms with van der Waals surface area (Å²) in [6.45, 7) is 4.22. The Labute approximate surface area is 137 Å². The van der Waals surface area contributed by atoms with Gasteiger partial charge in [-0.3, -0.25) is 0 Å². The third-order valence-corrected chi connectivity index (χ3v) is 6.74. The lowest BCUT2D eigenvalue weighted by Gasteiger charge is -2.40. The monoisotopic (exact) mass is 313 g/mol. The van der Waals surface area contributed by atoms with E-state index in [1.54, 1.807) is 12.1 Å². The number of piperidine rings is 1. The number of fused-ring (bicyclic) bond motifs is 4. The molecule has 3 atom stereocenters. The summed E-state index contributed by atoms with van der Waals surface area (Å²) in [5.74, 6) is 3.33. The molecule has 0 aromatic heterocycles. The predicted molar refractivity (Wildman–Crippen MR) is 88.1 cm³/mol. The van der Waals surface area contributed by atoms with Crippen molar-refractivity contribution in [2.45, 2.75) is 31.1 Å². The molecule has 1 spiro atoms. The zero-order valence-corrected chi connectivity index (χ0v) is 13.5. The van der Waals surface area contributed by atoms with Gasteiger partial charge in [0.25, 0.3) is 0 Å². The Balaban J connectivity index is 1.27. The third-order valence-electron chi connectivity index (χ3n) is 6.74. The zero-order chi connectivity index (χ0) is 15.4. The predicted octanol–water partition coefficient (Wildman–Crippen LogP) is 3.76. The highest BCUT2D eigenvalue weighted by atomic mass is 19.1. The molecule has 23 heavy (non-hydrogen) atoms. The van der Waals surface area contributed by atoms with Crippen molar-refractivity contribution in [2.75, 3.05) is 26.2 Å². The van der Waals surface area contributed by atoms with E-state index in [0.717, 1.165) is 61.6 Å². The molecule has 2 aliphatic heterocycles. The van der Waals surface area contributed by atoms with Gasteiger partial charge in [0.05, 0.1) is 6.61 Å². The fourth-order valence-corrected chi connectivity index (χ4v) is 5.35. The van der Waals surface area contributed by atoms with Crippen LogP contribution in [0.1, 0.15) is 31.2 Å². The van der Waals surface area contributed by atoms with Crippen LogP contribution in [-0.2, 0) is 5.41 Å². The van der Waals surface area contributed by atoms with Crippen molar-refractivity contribution in [3.05, 3.63) is 41.7 Å². The van der Waals surface area contributed by atoms with E-state index in [1.165, 1.54) is 25.5 Å². The van der Waals surface area contributed by atoms with Crippen LogP contribution in [0.2, 0.25) is 0 Å². The van der Waals surface area contributed by atoms with E-state index in [-0.39, 0.29) is 11.2 Å². The summed E-state index contributed by atoms with van der Waals surface area (Å²) in [7, 11) is 0. The Kier molecular flexibility index (Phi) is 3.09. The van der Waals surface area contributed by atoms with E-state index in [4.69, 9.17) is 4.74 Å². The Hall–Kier alpha value is -1.35. The smallest absolute Gasteiger partial charge is 0.123 e. The van der Waals surface area contributed by atoms with Crippen molar-refractivity contribution in [1.82, 2.24) is 4.90 Å². The number of hydrogen-bond donors (Lipinski definition) is 0. The first-order chi connectivity index (χ1) is 11.2. The van der Waals surface area contributed by atoms with Crippen LogP contribution in [-0.4, -0.2) is 31.1 Å². The molecule has 1 aromatic carbocycles. The first kappa shape index (κ1) is 14.0. The highest BCUT2D eigenvalue weighted by Gasteiger charge is 2.44. The van der Waals surface area contributed by atoms with Gasteiger partial charge in [0.1, 0.15) is 11.6 Å². The number of rotatable bonds is 2. The standard InChI is InChI=1S/C20H24FNO/c21-17-3-4-19-18(11-17)20(13-23-19)5-7-22(8-6-20)12-16-10-14-1-2-15(16)9-14/h1-4,11,14-16H,5-10,12-13H2/t14-,15-,16+/m0/s1. The van der Waals surface area contributed by atoms with Crippen LogP contribution >= 0.6 is 0 Å². The summed E-state index contributed by atoms with van der Waals surface area (Å²) in [4.78, 5) is 2.64. The van der Waals surface area contributed by atoms with Gasteiger partial charge in [-0.05, 0) is 74.7 Å². The van der Waals surface area contributed by atoms with Gasteiger partial charge in [-0.25, -0.2) is 4.39 Å². The normalized spacial score (nSPS) is 34.0. The molecule has 0 amide bonds. The zero-order valence-electron chi connectivity index (χ0n) is 13.5. The van der Waals surface area contributed by atoms with E-state index < -0.39 is 0 Å². The Morgan fingerprint density at radius 3 is 2.78 bits per heavy atom. The van der Waals surface area contributed by atoms with Crippen LogP contribution in [0.3, 0.4) is 0 Å². The minimum Gasteiger partial charge on any atom is -0.492 e. The van der Waals surface area contributed by atoms with Gasteiger partial charge in [-0.2, -0.15) is 0 Å². The number of halogens is 1. The molecule has 1 saturated heterocycles. The third kappa shape index (κ3) is 2.24. The highest BCUT2D eigenvalue weighted by molar-refractivity contribution is 5.44. The summed E-state index contributed by atoms with van der Waals surface area (Å²) in [6.07, 6.45) is 9.85. The molecule has 1 aromatic rings. The lowest BCUT2D eigenvalue weighted by atomic mass is 9.74. The molecule has 3 heteroatoms. The molecule has 1 saturated carbocycles. The average molecular weight is 313 g/mol. The summed E-state index contributed by atoms with van der Waals surface area (Å²) < 4.78 is 19.5. The highest BCUT2D eigenvalue weighted by Crippen LogP contribution is 2.47. The molecule has 2 fully saturated rings. The first-order valence-electron chi connectivity index (χ1n) is 9.05. The fourth-order valence-electron chi connectivity index (χ4n) is 5.35. The maximum absolute atomic E-state index is 13.7. The van der Waals surface area contributed by atoms with Crippen LogP contribution in [0.5, 0.6) is 5.75 Å². The molecular formula is C20H24FNO. The molecule has 0 radical (unpaired) electrons. The van der Waals surface area contributed by atoms with Crippen molar-refractivity contribution in [2.24, 2.45) is 17.8 Å². The number of benzene rings is 1. The van der Waals surface area contributed by atoms with Gasteiger partial charge in [0.2, 0.25) is 0 Å². The maximum atomic E-state index is 13.7. The summed E-state index contributed by atoms with van der Waals surface area (Å²) in [6, 6.07) is 5.02. The van der Waals surface area contributed by atoms with E-state index in [2.05, 4.69) is 17.1 Å². The molecule has 2 nitrogen and oxygen atoms in total. The molecule has 2 aliphatic carbocycles. The molecule has 122 valence electrons. The fraction of sp³-hybridized carbons (Fsp3) is 0.600. The van der Waals surface area contributed by atoms with E-state index in [9.17, 15) is 4.39 Å². The van der Waals surface area contributed by atoms with Crippen LogP contribution < -0.4 is 4.74 Å². The molecule has 4 aliphatic rings. The summed E-state index contributed by atoms with van der Waals surface area (Å²) in [5, 5.41) is 0. The van der Waals surface area contributed by atoms with E-state index in [0.29, 0.717) is 0 Å². The van der Waals surface area contributed by atoms with Crippen LogP contribution in [0.25, 0.3) is 0 Å². The van der Waals surface area contributed by atoms with E-state index in [1.807, 2.05) is 0 Å². The molecular weight excluding hydrogens is 289 g/mol. The largest absolute Gasteiger partial charge is 0.492 e. The second-order valence-electron chi connectivity index (χ2n) is 8.05. The van der Waals surface area contributed by atoms with Gasteiger partial charge in [0, 0.05) is 17.5 Å². The second-order valence-corrected chi connectivity index (χ2v) is 8.05. The topological polar surface area (TPSA) is 12.5 Å². The van der Waals surface area contributed by atoms with Crippen LogP contribution in [0, 0.1) is 23.6 Å². The number of nitrogens with zero attached hydrogens (tertiary/aromatic N) is 1. The molecule has 2 bridgehead atoms. The minimum atomic E-state index is -0.134. The molecule has 2 heterocycles. The number of likely N-dealkylation sites (tertiary alicyclic amines) is 1. The van der Waals surface area contributed by atoms with Crippen molar-refractivity contribution >= 4 is 0 Å². The van der Waals surface area contributed by atoms with Crippen LogP contribution in [0.15, 0.2) is 30.4 Å². The SMILES string of the molecule is Fc1ccc2c(c1)C1(CCN(C[C@H]3C[C@H]4C=C[C@H]3C4)CC1)CO2. The van der Waals surface area contributed by atoms with Gasteiger partial charge in [-0.15, -0.1) is 0 Å². The minimum absolute atomic E-state index is 0.0581.